The topological polar surface area (TPSA) is 37.3 Å². The minimum Gasteiger partial charge on any atom is -0.481 e. The second-order valence-corrected chi connectivity index (χ2v) is 5.49. The highest BCUT2D eigenvalue weighted by Crippen LogP contribution is 2.31. The van der Waals surface area contributed by atoms with Gasteiger partial charge in [0.1, 0.15) is 0 Å². The molecule has 108 valence electrons. The van der Waals surface area contributed by atoms with Gasteiger partial charge in [0.2, 0.25) is 0 Å². The largest absolute Gasteiger partial charge is 0.481 e. The van der Waals surface area contributed by atoms with Crippen LogP contribution in [0.5, 0.6) is 0 Å². The van der Waals surface area contributed by atoms with Gasteiger partial charge in [0.25, 0.3) is 0 Å². The molecular formula is C18H24O2. The van der Waals surface area contributed by atoms with Crippen molar-refractivity contribution in [2.24, 2.45) is 0 Å². The Balaban J connectivity index is 2.67. The third kappa shape index (κ3) is 4.42. The van der Waals surface area contributed by atoms with Gasteiger partial charge in [-0.1, -0.05) is 42.7 Å². The zero-order valence-corrected chi connectivity index (χ0v) is 12.7. The maximum Gasteiger partial charge on any atom is 0.313 e. The molecule has 0 saturated carbocycles. The molecular weight excluding hydrogens is 248 g/mol. The van der Waals surface area contributed by atoms with Gasteiger partial charge in [0, 0.05) is 6.42 Å². The van der Waals surface area contributed by atoms with Gasteiger partial charge in [0.15, 0.2) is 0 Å². The summed E-state index contributed by atoms with van der Waals surface area (Å²) in [7, 11) is 0. The van der Waals surface area contributed by atoms with Gasteiger partial charge in [0.05, 0.1) is 5.41 Å². The van der Waals surface area contributed by atoms with Crippen LogP contribution in [0.1, 0.15) is 57.1 Å². The highest BCUT2D eigenvalue weighted by molar-refractivity contribution is 5.80. The third-order valence-electron chi connectivity index (χ3n) is 3.78. The first-order chi connectivity index (χ1) is 9.50. The molecule has 20 heavy (non-hydrogen) atoms. The number of unbranched alkanes of at least 4 members (excludes halogenated alkanes) is 3. The normalized spacial score (nSPS) is 13.2. The molecule has 0 aliphatic heterocycles. The Kier molecular flexibility index (Phi) is 6.31. The summed E-state index contributed by atoms with van der Waals surface area (Å²) in [5, 5.41) is 9.60. The molecule has 0 amide bonds. The van der Waals surface area contributed by atoms with E-state index in [1.807, 2.05) is 45.0 Å². The number of benzene rings is 1. The number of aryl methyl sites for hydroxylation is 1. The van der Waals surface area contributed by atoms with Crippen LogP contribution in [0.25, 0.3) is 0 Å². The van der Waals surface area contributed by atoms with Gasteiger partial charge in [-0.25, -0.2) is 0 Å². The lowest BCUT2D eigenvalue weighted by molar-refractivity contribution is -0.143. The maximum atomic E-state index is 11.7. The third-order valence-corrected chi connectivity index (χ3v) is 3.78. The van der Waals surface area contributed by atoms with Crippen molar-refractivity contribution in [3.05, 3.63) is 35.4 Å². The van der Waals surface area contributed by atoms with Crippen LogP contribution in [-0.2, 0) is 10.2 Å². The lowest BCUT2D eigenvalue weighted by Gasteiger charge is -2.25. The van der Waals surface area contributed by atoms with Gasteiger partial charge in [-0.2, -0.15) is 0 Å². The predicted molar refractivity (Wildman–Crippen MR) is 82.7 cm³/mol. The van der Waals surface area contributed by atoms with Crippen LogP contribution in [0.3, 0.4) is 0 Å². The number of hydrogen-bond acceptors (Lipinski definition) is 1. The fourth-order valence-electron chi connectivity index (χ4n) is 2.36. The fraction of sp³-hybridized carbons (Fsp3) is 0.500. The molecule has 1 atom stereocenters. The lowest BCUT2D eigenvalue weighted by atomic mass is 9.77. The van der Waals surface area contributed by atoms with Crippen LogP contribution in [0.2, 0.25) is 0 Å². The van der Waals surface area contributed by atoms with E-state index in [9.17, 15) is 9.90 Å². The van der Waals surface area contributed by atoms with Crippen LogP contribution in [0.15, 0.2) is 24.3 Å². The number of hydrogen-bond donors (Lipinski definition) is 1. The molecule has 1 rings (SSSR count). The molecule has 0 radical (unpaired) electrons. The molecule has 0 aliphatic rings. The highest BCUT2D eigenvalue weighted by atomic mass is 16.4. The van der Waals surface area contributed by atoms with Crippen LogP contribution in [0, 0.1) is 18.8 Å². The summed E-state index contributed by atoms with van der Waals surface area (Å²) in [6.07, 6.45) is 4.58. The van der Waals surface area contributed by atoms with E-state index in [2.05, 4.69) is 11.8 Å². The standard InChI is InChI=1S/C18H24O2/c1-4-5-6-7-8-9-13-18(3,17(19)20)16-12-10-11-15(2)14-16/h10-12,14H,6-9,13H2,1-3H3,(H,19,20). The number of aliphatic carboxylic acids is 1. The quantitative estimate of drug-likeness (QED) is 0.593. The minimum atomic E-state index is -0.789. The molecule has 0 bridgehead atoms. The Hall–Kier alpha value is -1.75. The summed E-state index contributed by atoms with van der Waals surface area (Å²) < 4.78 is 0. The first kappa shape index (κ1) is 16.3. The van der Waals surface area contributed by atoms with E-state index in [0.717, 1.165) is 36.8 Å². The van der Waals surface area contributed by atoms with E-state index in [4.69, 9.17) is 0 Å². The molecule has 1 unspecified atom stereocenters. The van der Waals surface area contributed by atoms with Crippen LogP contribution >= 0.6 is 0 Å². The van der Waals surface area contributed by atoms with Crippen molar-refractivity contribution in [1.29, 1.82) is 0 Å². The zero-order chi connectivity index (χ0) is 15.0. The Morgan fingerprint density at radius 1 is 1.30 bits per heavy atom. The van der Waals surface area contributed by atoms with Gasteiger partial charge >= 0.3 is 5.97 Å². The first-order valence-corrected chi connectivity index (χ1v) is 7.21. The Morgan fingerprint density at radius 2 is 2.05 bits per heavy atom. The van der Waals surface area contributed by atoms with Crippen molar-refractivity contribution in [2.75, 3.05) is 0 Å². The predicted octanol–water partition coefficient (Wildman–Crippen LogP) is 4.31. The summed E-state index contributed by atoms with van der Waals surface area (Å²) in [5.41, 5.74) is 1.22. The van der Waals surface area contributed by atoms with Crippen molar-refractivity contribution in [3.8, 4) is 11.8 Å². The SMILES string of the molecule is CC#CCCCCCC(C)(C(=O)O)c1cccc(C)c1. The van der Waals surface area contributed by atoms with E-state index in [1.165, 1.54) is 0 Å². The monoisotopic (exact) mass is 272 g/mol. The van der Waals surface area contributed by atoms with Crippen molar-refractivity contribution in [1.82, 2.24) is 0 Å². The molecule has 0 fully saturated rings. The second-order valence-electron chi connectivity index (χ2n) is 5.49. The van der Waals surface area contributed by atoms with E-state index in [1.54, 1.807) is 0 Å². The van der Waals surface area contributed by atoms with E-state index in [0.29, 0.717) is 6.42 Å². The van der Waals surface area contributed by atoms with Crippen molar-refractivity contribution < 1.29 is 9.90 Å². The summed E-state index contributed by atoms with van der Waals surface area (Å²) >= 11 is 0. The second kappa shape index (κ2) is 7.75. The van der Waals surface area contributed by atoms with Crippen molar-refractivity contribution in [2.45, 2.75) is 58.3 Å². The van der Waals surface area contributed by atoms with Crippen molar-refractivity contribution >= 4 is 5.97 Å². The number of carbonyl (C=O) groups is 1. The smallest absolute Gasteiger partial charge is 0.313 e. The lowest BCUT2D eigenvalue weighted by Crippen LogP contribution is -2.32. The molecule has 2 nitrogen and oxygen atoms in total. The van der Waals surface area contributed by atoms with E-state index < -0.39 is 11.4 Å². The van der Waals surface area contributed by atoms with Crippen LogP contribution in [-0.4, -0.2) is 11.1 Å². The molecule has 1 aromatic carbocycles. The van der Waals surface area contributed by atoms with Crippen molar-refractivity contribution in [3.63, 3.8) is 0 Å². The maximum absolute atomic E-state index is 11.7. The van der Waals surface area contributed by atoms with E-state index >= 15 is 0 Å². The molecule has 2 heteroatoms. The zero-order valence-electron chi connectivity index (χ0n) is 12.7. The van der Waals surface area contributed by atoms with Crippen LogP contribution < -0.4 is 0 Å². The number of carboxylic acid groups (broad SMARTS) is 1. The molecule has 0 spiro atoms. The molecule has 0 aromatic heterocycles. The Labute approximate surface area is 122 Å². The fourth-order valence-corrected chi connectivity index (χ4v) is 2.36. The molecule has 0 heterocycles. The Bertz CT molecular complexity index is 508. The first-order valence-electron chi connectivity index (χ1n) is 7.21. The average molecular weight is 272 g/mol. The van der Waals surface area contributed by atoms with Gasteiger partial charge in [-0.15, -0.1) is 11.8 Å². The van der Waals surface area contributed by atoms with Gasteiger partial charge in [-0.05, 0) is 39.2 Å². The summed E-state index contributed by atoms with van der Waals surface area (Å²) in [4.78, 5) is 11.7. The molecule has 0 saturated heterocycles. The number of rotatable bonds is 7. The molecule has 0 aliphatic carbocycles. The number of carboxylic acids is 1. The van der Waals surface area contributed by atoms with Gasteiger partial charge in [-0.3, -0.25) is 4.79 Å². The molecule has 1 N–H and O–H groups in total. The molecule has 1 aromatic rings. The summed E-state index contributed by atoms with van der Waals surface area (Å²) in [6, 6.07) is 7.83. The minimum absolute atomic E-state index is 0.672. The van der Waals surface area contributed by atoms with Gasteiger partial charge < -0.3 is 5.11 Å². The summed E-state index contributed by atoms with van der Waals surface area (Å²) in [5.74, 6) is 5.18. The summed E-state index contributed by atoms with van der Waals surface area (Å²) in [6.45, 7) is 5.67. The highest BCUT2D eigenvalue weighted by Gasteiger charge is 2.34. The van der Waals surface area contributed by atoms with E-state index in [-0.39, 0.29) is 0 Å². The average Bonchev–Trinajstić information content (AvgIpc) is 2.42. The Morgan fingerprint density at radius 3 is 2.65 bits per heavy atom. The van der Waals surface area contributed by atoms with Crippen LogP contribution in [0.4, 0.5) is 0 Å².